The van der Waals surface area contributed by atoms with Crippen molar-refractivity contribution >= 4 is 35.6 Å². The summed E-state index contributed by atoms with van der Waals surface area (Å²) in [5.41, 5.74) is 3.93. The largest absolute Gasteiger partial charge is 0.504 e. The second-order valence-corrected chi connectivity index (χ2v) is 14.4. The summed E-state index contributed by atoms with van der Waals surface area (Å²) in [5.74, 6) is -1.71. The van der Waals surface area contributed by atoms with Gasteiger partial charge >= 0.3 is 17.9 Å². The van der Waals surface area contributed by atoms with Crippen molar-refractivity contribution in [1.82, 2.24) is 15.1 Å². The van der Waals surface area contributed by atoms with Gasteiger partial charge in [0.05, 0.1) is 36.9 Å². The highest BCUT2D eigenvalue weighted by molar-refractivity contribution is 7.99. The average Bonchev–Trinajstić information content (AvgIpc) is 3.55. The van der Waals surface area contributed by atoms with E-state index in [0.717, 1.165) is 11.1 Å². The first-order valence-electron chi connectivity index (χ1n) is 16.3. The number of cyclic esters (lactones) is 1. The first kappa shape index (κ1) is 34.2. The number of aryl methyl sites for hydroxylation is 1. The van der Waals surface area contributed by atoms with Crippen LogP contribution in [0.1, 0.15) is 70.5 Å². The molecule has 2 aromatic carbocycles. The number of carboxylic acids is 1. The number of carbonyl (C=O) groups excluding carboxylic acids is 3. The van der Waals surface area contributed by atoms with E-state index in [1.807, 2.05) is 29.8 Å². The number of fused-ring (bicyclic) bond motifs is 9. The fourth-order valence-electron chi connectivity index (χ4n) is 8.36. The molecule has 0 aliphatic carbocycles. The molecule has 2 fully saturated rings. The molecule has 5 heterocycles. The number of esters is 2. The van der Waals surface area contributed by atoms with Gasteiger partial charge in [-0.2, -0.15) is 0 Å². The van der Waals surface area contributed by atoms with E-state index in [2.05, 4.69) is 5.32 Å². The van der Waals surface area contributed by atoms with Gasteiger partial charge in [-0.1, -0.05) is 6.07 Å². The van der Waals surface area contributed by atoms with Gasteiger partial charge in [-0.15, -0.1) is 11.8 Å². The Balaban J connectivity index is 1.45. The minimum Gasteiger partial charge on any atom is -0.504 e. The van der Waals surface area contributed by atoms with E-state index < -0.39 is 71.9 Å². The third-order valence-corrected chi connectivity index (χ3v) is 11.8. The van der Waals surface area contributed by atoms with Gasteiger partial charge in [-0.25, -0.2) is 4.79 Å². The number of aliphatic carboxylic acids is 1. The number of carbonyl (C=O) groups is 4. The van der Waals surface area contributed by atoms with Crippen molar-refractivity contribution in [1.29, 1.82) is 0 Å². The van der Waals surface area contributed by atoms with Crippen LogP contribution in [0, 0.1) is 13.8 Å². The molecule has 5 aliphatic heterocycles. The normalized spacial score (nSPS) is 28.1. The molecule has 268 valence electrons. The van der Waals surface area contributed by atoms with Crippen LogP contribution in [0.4, 0.5) is 0 Å². The number of methoxy groups -OCH3 is 1. The Bertz CT molecular complexity index is 1800. The number of ether oxygens (including phenoxy) is 5. The van der Waals surface area contributed by atoms with Crippen molar-refractivity contribution in [2.45, 2.75) is 81.7 Å². The van der Waals surface area contributed by atoms with Crippen LogP contribution in [0.2, 0.25) is 0 Å². The quantitative estimate of drug-likeness (QED) is 0.251. The van der Waals surface area contributed by atoms with Crippen LogP contribution in [-0.2, 0) is 30.3 Å². The van der Waals surface area contributed by atoms with E-state index >= 15 is 0 Å². The molecule has 2 aromatic rings. The predicted octanol–water partition coefficient (Wildman–Crippen LogP) is 2.01. The Morgan fingerprint density at radius 3 is 2.52 bits per heavy atom. The molecule has 2 unspecified atom stereocenters. The summed E-state index contributed by atoms with van der Waals surface area (Å²) in [6.07, 6.45) is -1.41. The minimum absolute atomic E-state index is 0.00981. The van der Waals surface area contributed by atoms with Gasteiger partial charge in [0.2, 0.25) is 12.7 Å². The Morgan fingerprint density at radius 1 is 1.08 bits per heavy atom. The standard InChI is InChI=1S/C34H39N3O12S/c1-13-8-16-9-18-33(43)37-19-10-46-34(44)17(35-20(39)6-7-21(40)41)11-50-32(26(37)25(36(18)4)22(16)27(42)28(13)45-5)24-23(19)31-30(47-12-48-31)14(2)29(24)49-15(3)38/h8,17-19,25-26,32-33,42-43H,6-7,9-12H2,1-5H3,(H,35,39)(H,40,41)/t17?,18-,19-,25+,26?,32+,33-/m0/s1. The molecule has 0 aromatic heterocycles. The Kier molecular flexibility index (Phi) is 8.77. The first-order valence-corrected chi connectivity index (χ1v) is 17.4. The molecule has 4 bridgehead atoms. The van der Waals surface area contributed by atoms with E-state index in [9.17, 15) is 29.4 Å². The zero-order valence-corrected chi connectivity index (χ0v) is 29.0. The van der Waals surface area contributed by atoms with Crippen molar-refractivity contribution in [3.8, 4) is 28.7 Å². The van der Waals surface area contributed by atoms with Gasteiger partial charge in [-0.05, 0) is 38.4 Å². The lowest BCUT2D eigenvalue weighted by molar-refractivity contribution is -0.184. The second-order valence-electron chi connectivity index (χ2n) is 13.2. The van der Waals surface area contributed by atoms with Crippen molar-refractivity contribution in [3.05, 3.63) is 39.4 Å². The summed E-state index contributed by atoms with van der Waals surface area (Å²) >= 11 is 1.29. The molecular weight excluding hydrogens is 674 g/mol. The molecule has 5 aliphatic rings. The minimum atomic E-state index is -1.15. The first-order chi connectivity index (χ1) is 23.8. The topological polar surface area (TPSA) is 194 Å². The average molecular weight is 714 g/mol. The van der Waals surface area contributed by atoms with Crippen LogP contribution in [0.25, 0.3) is 0 Å². The van der Waals surface area contributed by atoms with E-state index in [0.29, 0.717) is 45.9 Å². The summed E-state index contributed by atoms with van der Waals surface area (Å²) in [6, 6.07) is -1.59. The molecule has 7 atom stereocenters. The van der Waals surface area contributed by atoms with Gasteiger partial charge < -0.3 is 44.3 Å². The fourth-order valence-corrected chi connectivity index (χ4v) is 9.87. The Labute approximate surface area is 291 Å². The van der Waals surface area contributed by atoms with Crippen LogP contribution in [0.15, 0.2) is 6.07 Å². The molecule has 4 N–H and O–H groups in total. The van der Waals surface area contributed by atoms with Gasteiger partial charge in [0.15, 0.2) is 23.0 Å². The molecule has 0 spiro atoms. The molecule has 0 saturated carbocycles. The zero-order valence-electron chi connectivity index (χ0n) is 28.2. The molecule has 16 heteroatoms. The van der Waals surface area contributed by atoms with Gasteiger partial charge in [0, 0.05) is 47.4 Å². The van der Waals surface area contributed by atoms with Crippen LogP contribution in [0.3, 0.4) is 0 Å². The Morgan fingerprint density at radius 2 is 1.82 bits per heavy atom. The highest BCUT2D eigenvalue weighted by atomic mass is 32.2. The third kappa shape index (κ3) is 5.31. The van der Waals surface area contributed by atoms with E-state index in [4.69, 9.17) is 28.8 Å². The maximum atomic E-state index is 13.6. The van der Waals surface area contributed by atoms with Gasteiger partial charge in [0.25, 0.3) is 0 Å². The molecule has 2 saturated heterocycles. The van der Waals surface area contributed by atoms with Gasteiger partial charge in [0.1, 0.15) is 24.6 Å². The summed E-state index contributed by atoms with van der Waals surface area (Å²) in [6.45, 7) is 4.53. The van der Waals surface area contributed by atoms with E-state index in [1.165, 1.54) is 25.8 Å². The number of aliphatic hydroxyl groups is 1. The number of benzene rings is 2. The number of phenolic OH excluding ortho intramolecular Hbond substituents is 1. The van der Waals surface area contributed by atoms with Crippen molar-refractivity contribution < 1.29 is 58.2 Å². The number of carboxylic acid groups (broad SMARTS) is 1. The predicted molar refractivity (Wildman–Crippen MR) is 175 cm³/mol. The Hall–Kier alpha value is -4.25. The van der Waals surface area contributed by atoms with E-state index in [-0.39, 0.29) is 37.1 Å². The third-order valence-electron chi connectivity index (χ3n) is 10.4. The molecule has 1 amide bonds. The second kappa shape index (κ2) is 12.8. The summed E-state index contributed by atoms with van der Waals surface area (Å²) in [7, 11) is 3.39. The number of thioether (sulfide) groups is 1. The smallest absolute Gasteiger partial charge is 0.329 e. The van der Waals surface area contributed by atoms with Crippen LogP contribution in [0.5, 0.6) is 28.7 Å². The molecular formula is C34H39N3O12S. The lowest BCUT2D eigenvalue weighted by Crippen LogP contribution is -2.69. The number of hydrogen-bond acceptors (Lipinski definition) is 14. The van der Waals surface area contributed by atoms with Crippen LogP contribution < -0.4 is 24.3 Å². The van der Waals surface area contributed by atoms with E-state index in [1.54, 1.807) is 6.92 Å². The molecule has 50 heavy (non-hydrogen) atoms. The number of nitrogens with one attached hydrogen (secondary N) is 1. The highest BCUT2D eigenvalue weighted by Crippen LogP contribution is 2.63. The number of hydrogen-bond donors (Lipinski definition) is 4. The number of aromatic hydroxyl groups is 1. The molecule has 0 radical (unpaired) electrons. The van der Waals surface area contributed by atoms with Gasteiger partial charge in [-0.3, -0.25) is 24.2 Å². The highest BCUT2D eigenvalue weighted by Gasteiger charge is 2.60. The molecule has 15 nitrogen and oxygen atoms in total. The number of likely N-dealkylation sites (N-methyl/N-ethyl adjacent to an activating group) is 1. The summed E-state index contributed by atoms with van der Waals surface area (Å²) in [5, 5.41) is 35.2. The number of amides is 1. The number of phenols is 1. The maximum absolute atomic E-state index is 13.6. The lowest BCUT2D eigenvalue weighted by Gasteiger charge is -2.62. The SMILES string of the molecule is COc1c(C)cc2c(c1O)[C@@H]1C3[C@@H]4SCC(NC(=O)CCC(=O)O)C(=O)OC[C@@H](c5c6c(c(C)c(OC(C)=O)c54)OCO6)N3[C@@H](O)[C@H](C2)N1C. The van der Waals surface area contributed by atoms with Crippen molar-refractivity contribution in [2.75, 3.05) is 33.3 Å². The number of piperazine rings is 1. The summed E-state index contributed by atoms with van der Waals surface area (Å²) in [4.78, 5) is 54.1. The van der Waals surface area contributed by atoms with Crippen molar-refractivity contribution in [3.63, 3.8) is 0 Å². The summed E-state index contributed by atoms with van der Waals surface area (Å²) < 4.78 is 29.5. The van der Waals surface area contributed by atoms with Crippen LogP contribution in [-0.4, -0.2) is 107 Å². The maximum Gasteiger partial charge on any atom is 0.329 e. The van der Waals surface area contributed by atoms with Crippen molar-refractivity contribution in [2.24, 2.45) is 0 Å². The monoisotopic (exact) mass is 713 g/mol. The zero-order chi connectivity index (χ0) is 35.8. The number of aliphatic hydroxyl groups excluding tert-OH is 1. The van der Waals surface area contributed by atoms with Crippen LogP contribution >= 0.6 is 11.8 Å². The molecule has 7 rings (SSSR count). The fraction of sp³-hybridized carbons (Fsp3) is 0.529. The number of nitrogens with zero attached hydrogens (tertiary/aromatic N) is 2. The lowest BCUT2D eigenvalue weighted by atomic mass is 9.73. The number of rotatable bonds is 6.